The van der Waals surface area contributed by atoms with Gasteiger partial charge in [-0.25, -0.2) is 8.42 Å². The van der Waals surface area contributed by atoms with Crippen molar-refractivity contribution in [1.82, 2.24) is 0 Å². The first kappa shape index (κ1) is 14.4. The molecule has 0 saturated heterocycles. The van der Waals surface area contributed by atoms with Crippen molar-refractivity contribution in [2.24, 2.45) is 0 Å². The van der Waals surface area contributed by atoms with Gasteiger partial charge < -0.3 is 14.6 Å². The maximum Gasteiger partial charge on any atom is 0.306 e. The molecule has 2 aromatic carbocycles. The Morgan fingerprint density at radius 2 is 1.82 bits per heavy atom. The molecule has 7 heteroatoms. The maximum absolute atomic E-state index is 12.6. The number of rotatable bonds is 4. The molecular formula is C15H12O6S. The number of sulfone groups is 1. The summed E-state index contributed by atoms with van der Waals surface area (Å²) >= 11 is 0. The molecule has 1 aliphatic rings. The smallest absolute Gasteiger partial charge is 0.306 e. The Kier molecular flexibility index (Phi) is 3.50. The van der Waals surface area contributed by atoms with Gasteiger partial charge in [0, 0.05) is 6.07 Å². The second-order valence-corrected chi connectivity index (χ2v) is 6.54. The van der Waals surface area contributed by atoms with Gasteiger partial charge in [-0.15, -0.1) is 0 Å². The van der Waals surface area contributed by atoms with Crippen molar-refractivity contribution < 1.29 is 27.8 Å². The number of ether oxygens (including phenoxy) is 2. The minimum absolute atomic E-state index is 0.0130. The van der Waals surface area contributed by atoms with Crippen LogP contribution in [-0.2, 0) is 14.6 Å². The lowest BCUT2D eigenvalue weighted by molar-refractivity contribution is -0.137. The van der Waals surface area contributed by atoms with Crippen LogP contribution in [-0.4, -0.2) is 26.1 Å². The van der Waals surface area contributed by atoms with E-state index in [1.165, 1.54) is 18.2 Å². The second-order valence-electron chi connectivity index (χ2n) is 4.65. The number of fused-ring (bicyclic) bond motifs is 2. The monoisotopic (exact) mass is 320 g/mol. The molecule has 0 amide bonds. The number of carboxylic acids is 1. The van der Waals surface area contributed by atoms with E-state index in [2.05, 4.69) is 0 Å². The van der Waals surface area contributed by atoms with Crippen LogP contribution in [0.4, 0.5) is 0 Å². The average molecular weight is 320 g/mol. The van der Waals surface area contributed by atoms with Crippen molar-refractivity contribution >= 4 is 15.8 Å². The molecule has 1 aliphatic heterocycles. The van der Waals surface area contributed by atoms with E-state index in [4.69, 9.17) is 14.6 Å². The van der Waals surface area contributed by atoms with Gasteiger partial charge in [-0.2, -0.15) is 0 Å². The fourth-order valence-corrected chi connectivity index (χ4v) is 3.64. The number of benzene rings is 2. The SMILES string of the molecule is O=C(O)CCOc1ccc2c(c1)S(=O)(=O)c1ccccc1O2. The molecule has 2 aromatic rings. The third kappa shape index (κ3) is 2.50. The van der Waals surface area contributed by atoms with Crippen LogP contribution in [0.2, 0.25) is 0 Å². The van der Waals surface area contributed by atoms with Crippen LogP contribution in [0.1, 0.15) is 6.42 Å². The fourth-order valence-electron chi connectivity index (χ4n) is 2.12. The lowest BCUT2D eigenvalue weighted by Gasteiger charge is -2.20. The summed E-state index contributed by atoms with van der Waals surface area (Å²) < 4.78 is 36.0. The second kappa shape index (κ2) is 5.34. The highest BCUT2D eigenvalue weighted by molar-refractivity contribution is 7.91. The quantitative estimate of drug-likeness (QED) is 0.794. The summed E-state index contributed by atoms with van der Waals surface area (Å²) in [6.45, 7) is -0.0361. The zero-order chi connectivity index (χ0) is 15.7. The first-order valence-corrected chi connectivity index (χ1v) is 7.97. The number of aliphatic carboxylic acids is 1. The van der Waals surface area contributed by atoms with Crippen LogP contribution in [0.25, 0.3) is 0 Å². The van der Waals surface area contributed by atoms with E-state index in [0.29, 0.717) is 0 Å². The van der Waals surface area contributed by atoms with Crippen LogP contribution in [0.15, 0.2) is 52.3 Å². The van der Waals surface area contributed by atoms with Gasteiger partial charge in [-0.05, 0) is 24.3 Å². The molecule has 0 spiro atoms. The molecule has 0 bridgehead atoms. The molecule has 114 valence electrons. The highest BCUT2D eigenvalue weighted by Gasteiger charge is 2.31. The number of carbonyl (C=O) groups is 1. The van der Waals surface area contributed by atoms with Crippen LogP contribution in [0, 0.1) is 0 Å². The third-order valence-corrected chi connectivity index (χ3v) is 4.96. The Morgan fingerprint density at radius 3 is 2.59 bits per heavy atom. The molecule has 0 radical (unpaired) electrons. The lowest BCUT2D eigenvalue weighted by atomic mass is 10.3. The van der Waals surface area contributed by atoms with Crippen molar-refractivity contribution in [1.29, 1.82) is 0 Å². The molecule has 0 aliphatic carbocycles. The third-order valence-electron chi connectivity index (χ3n) is 3.15. The van der Waals surface area contributed by atoms with Crippen LogP contribution in [0.5, 0.6) is 17.2 Å². The number of hydrogen-bond acceptors (Lipinski definition) is 5. The molecule has 3 rings (SSSR count). The van der Waals surface area contributed by atoms with Crippen molar-refractivity contribution in [3.63, 3.8) is 0 Å². The normalized spacial score (nSPS) is 14.4. The van der Waals surface area contributed by atoms with Gasteiger partial charge >= 0.3 is 5.97 Å². The largest absolute Gasteiger partial charge is 0.493 e. The van der Waals surface area contributed by atoms with Gasteiger partial charge in [0.25, 0.3) is 0 Å². The van der Waals surface area contributed by atoms with Crippen molar-refractivity contribution in [2.45, 2.75) is 16.2 Å². The highest BCUT2D eigenvalue weighted by atomic mass is 32.2. The molecule has 22 heavy (non-hydrogen) atoms. The highest BCUT2D eigenvalue weighted by Crippen LogP contribution is 2.43. The number of hydrogen-bond donors (Lipinski definition) is 1. The predicted molar refractivity (Wildman–Crippen MR) is 76.2 cm³/mol. The summed E-state index contributed by atoms with van der Waals surface area (Å²) in [4.78, 5) is 10.6. The van der Waals surface area contributed by atoms with Crippen molar-refractivity contribution in [3.8, 4) is 17.2 Å². The van der Waals surface area contributed by atoms with Gasteiger partial charge in [0.2, 0.25) is 9.84 Å². The molecule has 0 aromatic heterocycles. The van der Waals surface area contributed by atoms with Gasteiger partial charge in [-0.1, -0.05) is 12.1 Å². The summed E-state index contributed by atoms with van der Waals surface area (Å²) in [6, 6.07) is 10.8. The minimum Gasteiger partial charge on any atom is -0.493 e. The zero-order valence-electron chi connectivity index (χ0n) is 11.4. The summed E-state index contributed by atoms with van der Waals surface area (Å²) in [5.74, 6) is -0.187. The Morgan fingerprint density at radius 1 is 1.09 bits per heavy atom. The number of carboxylic acid groups (broad SMARTS) is 1. The van der Waals surface area contributed by atoms with Gasteiger partial charge in [-0.3, -0.25) is 4.79 Å². The van der Waals surface area contributed by atoms with E-state index in [1.807, 2.05) is 0 Å². The Labute approximate surface area is 126 Å². The Bertz CT molecular complexity index is 841. The maximum atomic E-state index is 12.6. The van der Waals surface area contributed by atoms with E-state index in [9.17, 15) is 13.2 Å². The van der Waals surface area contributed by atoms with E-state index in [1.54, 1.807) is 24.3 Å². The van der Waals surface area contributed by atoms with E-state index in [0.717, 1.165) is 0 Å². The molecule has 0 unspecified atom stereocenters. The molecule has 0 fully saturated rings. The fraction of sp³-hybridized carbons (Fsp3) is 0.133. The van der Waals surface area contributed by atoms with E-state index < -0.39 is 15.8 Å². The molecule has 0 atom stereocenters. The predicted octanol–water partition coefficient (Wildman–Crippen LogP) is 2.48. The first-order valence-electron chi connectivity index (χ1n) is 6.49. The standard InChI is InChI=1S/C15H12O6S/c16-15(17)7-8-20-10-5-6-12-14(9-10)22(18,19)13-4-2-1-3-11(13)21-12/h1-6,9H,7-8H2,(H,16,17). The summed E-state index contributed by atoms with van der Waals surface area (Å²) in [6.07, 6.45) is -0.164. The van der Waals surface area contributed by atoms with Crippen molar-refractivity contribution in [2.75, 3.05) is 6.61 Å². The van der Waals surface area contributed by atoms with Crippen LogP contribution < -0.4 is 9.47 Å². The van der Waals surface area contributed by atoms with Crippen molar-refractivity contribution in [3.05, 3.63) is 42.5 Å². The molecular weight excluding hydrogens is 308 g/mol. The average Bonchev–Trinajstić information content (AvgIpc) is 2.48. The Balaban J connectivity index is 1.95. The van der Waals surface area contributed by atoms with Gasteiger partial charge in [0.1, 0.15) is 27.0 Å². The van der Waals surface area contributed by atoms with Crippen LogP contribution in [0.3, 0.4) is 0 Å². The van der Waals surface area contributed by atoms with Crippen LogP contribution >= 0.6 is 0 Å². The molecule has 1 heterocycles. The topological polar surface area (TPSA) is 89.9 Å². The van der Waals surface area contributed by atoms with Gasteiger partial charge in [0.05, 0.1) is 13.0 Å². The summed E-state index contributed by atoms with van der Waals surface area (Å²) in [5, 5.41) is 8.58. The zero-order valence-corrected chi connectivity index (χ0v) is 12.2. The molecule has 6 nitrogen and oxygen atoms in total. The molecule has 1 N–H and O–H groups in total. The molecule has 0 saturated carbocycles. The van der Waals surface area contributed by atoms with E-state index in [-0.39, 0.29) is 40.1 Å². The minimum atomic E-state index is -3.69. The van der Waals surface area contributed by atoms with E-state index >= 15 is 0 Å². The Hall–Kier alpha value is -2.54. The lowest BCUT2D eigenvalue weighted by Crippen LogP contribution is -2.11. The summed E-state index contributed by atoms with van der Waals surface area (Å²) in [7, 11) is -3.69. The number of para-hydroxylation sites is 1. The summed E-state index contributed by atoms with van der Waals surface area (Å²) in [5.41, 5.74) is 0. The first-order chi connectivity index (χ1) is 10.5. The van der Waals surface area contributed by atoms with Gasteiger partial charge in [0.15, 0.2) is 0 Å².